The van der Waals surface area contributed by atoms with Gasteiger partial charge in [-0.05, 0) is 24.2 Å². The molecular formula is C13H24N2O3. The number of carbonyl (C=O) groups is 2. The first-order valence-corrected chi connectivity index (χ1v) is 6.55. The average molecular weight is 256 g/mol. The molecule has 2 unspecified atom stereocenters. The maximum absolute atomic E-state index is 11.7. The van der Waals surface area contributed by atoms with Crippen molar-refractivity contribution in [2.24, 2.45) is 11.3 Å². The average Bonchev–Trinajstić information content (AvgIpc) is 2.91. The summed E-state index contributed by atoms with van der Waals surface area (Å²) in [7, 11) is 0. The minimum absolute atomic E-state index is 0.222. The molecule has 0 saturated heterocycles. The summed E-state index contributed by atoms with van der Waals surface area (Å²) in [6, 6.07) is -1.03. The van der Waals surface area contributed by atoms with E-state index in [1.165, 1.54) is 0 Å². The van der Waals surface area contributed by atoms with Gasteiger partial charge in [-0.2, -0.15) is 0 Å². The Morgan fingerprint density at radius 3 is 2.44 bits per heavy atom. The lowest BCUT2D eigenvalue weighted by Crippen LogP contribution is -2.52. The van der Waals surface area contributed by atoms with Gasteiger partial charge in [-0.3, -0.25) is 0 Å². The number of urea groups is 1. The van der Waals surface area contributed by atoms with Crippen molar-refractivity contribution in [3.05, 3.63) is 0 Å². The molecule has 0 bridgehead atoms. The predicted octanol–water partition coefficient (Wildman–Crippen LogP) is 1.97. The lowest BCUT2D eigenvalue weighted by atomic mass is 9.87. The van der Waals surface area contributed by atoms with Crippen LogP contribution in [0.15, 0.2) is 0 Å². The van der Waals surface area contributed by atoms with E-state index >= 15 is 0 Å². The lowest BCUT2D eigenvalue weighted by Gasteiger charge is -2.27. The molecule has 5 nitrogen and oxygen atoms in total. The highest BCUT2D eigenvalue weighted by molar-refractivity contribution is 5.83. The van der Waals surface area contributed by atoms with E-state index in [2.05, 4.69) is 17.6 Å². The predicted molar refractivity (Wildman–Crippen MR) is 69.3 cm³/mol. The highest BCUT2D eigenvalue weighted by Crippen LogP contribution is 2.34. The van der Waals surface area contributed by atoms with Gasteiger partial charge in [0.2, 0.25) is 0 Å². The number of hydrogen-bond donors (Lipinski definition) is 3. The molecule has 1 rings (SSSR count). The van der Waals surface area contributed by atoms with E-state index < -0.39 is 17.4 Å². The second kappa shape index (κ2) is 5.59. The van der Waals surface area contributed by atoms with Gasteiger partial charge in [-0.1, -0.05) is 34.1 Å². The molecule has 18 heavy (non-hydrogen) atoms. The Labute approximate surface area is 108 Å². The van der Waals surface area contributed by atoms with E-state index in [9.17, 15) is 9.59 Å². The number of carboxylic acids is 1. The molecule has 1 aliphatic carbocycles. The van der Waals surface area contributed by atoms with Crippen LogP contribution < -0.4 is 10.6 Å². The van der Waals surface area contributed by atoms with Crippen LogP contribution in [0.3, 0.4) is 0 Å². The van der Waals surface area contributed by atoms with Crippen molar-refractivity contribution < 1.29 is 14.7 Å². The van der Waals surface area contributed by atoms with Crippen LogP contribution in [0.25, 0.3) is 0 Å². The van der Waals surface area contributed by atoms with Gasteiger partial charge in [-0.25, -0.2) is 9.59 Å². The fourth-order valence-corrected chi connectivity index (χ4v) is 2.10. The summed E-state index contributed by atoms with van der Waals surface area (Å²) in [5.74, 6) is -0.433. The van der Waals surface area contributed by atoms with Crippen LogP contribution in [0, 0.1) is 11.3 Å². The van der Waals surface area contributed by atoms with Crippen molar-refractivity contribution in [1.29, 1.82) is 0 Å². The van der Waals surface area contributed by atoms with Crippen molar-refractivity contribution in [3.63, 3.8) is 0 Å². The van der Waals surface area contributed by atoms with E-state index in [0.29, 0.717) is 5.92 Å². The van der Waals surface area contributed by atoms with Gasteiger partial charge in [0, 0.05) is 6.04 Å². The SMILES string of the molecule is CCCC1CC1NC(=O)N[C@@H](C(=O)O)C(C)(C)C. The van der Waals surface area contributed by atoms with Gasteiger partial charge in [0.1, 0.15) is 6.04 Å². The molecule has 1 fully saturated rings. The summed E-state index contributed by atoms with van der Waals surface area (Å²) in [6.45, 7) is 7.50. The third-order valence-corrected chi connectivity index (χ3v) is 3.29. The Morgan fingerprint density at radius 1 is 1.39 bits per heavy atom. The molecule has 2 amide bonds. The number of carbonyl (C=O) groups excluding carboxylic acids is 1. The third-order valence-electron chi connectivity index (χ3n) is 3.29. The quantitative estimate of drug-likeness (QED) is 0.703. The maximum atomic E-state index is 11.7. The third kappa shape index (κ3) is 4.20. The normalized spacial score (nSPS) is 24.2. The Bertz CT molecular complexity index is 323. The monoisotopic (exact) mass is 256 g/mol. The molecular weight excluding hydrogens is 232 g/mol. The molecule has 3 atom stereocenters. The maximum Gasteiger partial charge on any atom is 0.326 e. The Morgan fingerprint density at radius 2 is 2.00 bits per heavy atom. The fourth-order valence-electron chi connectivity index (χ4n) is 2.10. The number of amides is 2. The number of hydrogen-bond acceptors (Lipinski definition) is 2. The topological polar surface area (TPSA) is 78.4 Å². The molecule has 0 aromatic carbocycles. The van der Waals surface area contributed by atoms with Crippen molar-refractivity contribution in [2.75, 3.05) is 0 Å². The standard InChI is InChI=1S/C13H24N2O3/c1-5-6-8-7-9(8)14-12(18)15-10(11(16)17)13(2,3)4/h8-10H,5-7H2,1-4H3,(H,16,17)(H2,14,15,18)/t8?,9?,10-/m0/s1. The van der Waals surface area contributed by atoms with Crippen LogP contribution in [-0.2, 0) is 4.79 Å². The van der Waals surface area contributed by atoms with Crippen molar-refractivity contribution in [1.82, 2.24) is 10.6 Å². The molecule has 104 valence electrons. The van der Waals surface area contributed by atoms with E-state index in [4.69, 9.17) is 5.11 Å². The van der Waals surface area contributed by atoms with Crippen molar-refractivity contribution in [3.8, 4) is 0 Å². The van der Waals surface area contributed by atoms with Crippen LogP contribution in [-0.4, -0.2) is 29.2 Å². The van der Waals surface area contributed by atoms with Crippen LogP contribution in [0.1, 0.15) is 47.0 Å². The van der Waals surface area contributed by atoms with Crippen LogP contribution >= 0.6 is 0 Å². The largest absolute Gasteiger partial charge is 0.480 e. The molecule has 5 heteroatoms. The van der Waals surface area contributed by atoms with E-state index in [0.717, 1.165) is 19.3 Å². The van der Waals surface area contributed by atoms with Crippen LogP contribution in [0.2, 0.25) is 0 Å². The zero-order valence-corrected chi connectivity index (χ0v) is 11.6. The first-order chi connectivity index (χ1) is 8.25. The fraction of sp³-hybridized carbons (Fsp3) is 0.846. The zero-order chi connectivity index (χ0) is 13.9. The van der Waals surface area contributed by atoms with Gasteiger partial charge in [0.05, 0.1) is 0 Å². The Balaban J connectivity index is 2.41. The van der Waals surface area contributed by atoms with Crippen molar-refractivity contribution in [2.45, 2.75) is 59.0 Å². The van der Waals surface area contributed by atoms with Crippen molar-refractivity contribution >= 4 is 12.0 Å². The summed E-state index contributed by atoms with van der Waals surface area (Å²) in [5.41, 5.74) is -0.504. The lowest BCUT2D eigenvalue weighted by molar-refractivity contribution is -0.141. The summed E-state index contributed by atoms with van der Waals surface area (Å²) < 4.78 is 0. The number of rotatable bonds is 5. The summed E-state index contributed by atoms with van der Waals surface area (Å²) in [5, 5.41) is 14.5. The van der Waals surface area contributed by atoms with E-state index in [1.54, 1.807) is 20.8 Å². The molecule has 0 spiro atoms. The summed E-state index contributed by atoms with van der Waals surface area (Å²) in [4.78, 5) is 22.8. The van der Waals surface area contributed by atoms with Gasteiger partial charge in [0.25, 0.3) is 0 Å². The molecule has 0 radical (unpaired) electrons. The van der Waals surface area contributed by atoms with Gasteiger partial charge in [0.15, 0.2) is 0 Å². The summed E-state index contributed by atoms with van der Waals surface area (Å²) in [6.07, 6.45) is 3.24. The first-order valence-electron chi connectivity index (χ1n) is 6.55. The zero-order valence-electron chi connectivity index (χ0n) is 11.6. The number of nitrogens with one attached hydrogen (secondary N) is 2. The smallest absolute Gasteiger partial charge is 0.326 e. The Kier molecular flexibility index (Phi) is 4.59. The molecule has 3 N–H and O–H groups in total. The summed E-state index contributed by atoms with van der Waals surface area (Å²) >= 11 is 0. The van der Waals surface area contributed by atoms with Crippen LogP contribution in [0.5, 0.6) is 0 Å². The second-order valence-corrected chi connectivity index (χ2v) is 6.15. The minimum atomic E-state index is -1.00. The van der Waals surface area contributed by atoms with Gasteiger partial charge >= 0.3 is 12.0 Å². The van der Waals surface area contributed by atoms with E-state index in [-0.39, 0.29) is 12.1 Å². The Hall–Kier alpha value is -1.26. The highest BCUT2D eigenvalue weighted by atomic mass is 16.4. The molecule has 0 aromatic heterocycles. The number of carboxylic acid groups (broad SMARTS) is 1. The molecule has 0 aromatic rings. The highest BCUT2D eigenvalue weighted by Gasteiger charge is 2.39. The minimum Gasteiger partial charge on any atom is -0.480 e. The number of aliphatic carboxylic acids is 1. The molecule has 0 aliphatic heterocycles. The second-order valence-electron chi connectivity index (χ2n) is 6.15. The first kappa shape index (κ1) is 14.8. The van der Waals surface area contributed by atoms with Gasteiger partial charge < -0.3 is 15.7 Å². The van der Waals surface area contributed by atoms with Crippen LogP contribution in [0.4, 0.5) is 4.79 Å². The molecule has 1 aliphatic rings. The molecule has 1 saturated carbocycles. The molecule has 0 heterocycles. The van der Waals surface area contributed by atoms with E-state index in [1.807, 2.05) is 0 Å². The van der Waals surface area contributed by atoms with Gasteiger partial charge in [-0.15, -0.1) is 0 Å².